The summed E-state index contributed by atoms with van der Waals surface area (Å²) in [5, 5.41) is 0.911. The molecular formula is C18H14BrNO3. The van der Waals surface area contributed by atoms with Crippen molar-refractivity contribution in [2.24, 2.45) is 0 Å². The minimum atomic E-state index is -0.388. The molecule has 4 nitrogen and oxygen atoms in total. The highest BCUT2D eigenvalue weighted by atomic mass is 79.9. The number of para-hydroxylation sites is 1. The maximum atomic E-state index is 12.3. The topological polar surface area (TPSA) is 48.4 Å². The highest BCUT2D eigenvalue weighted by Gasteiger charge is 2.12. The molecule has 0 unspecified atom stereocenters. The summed E-state index contributed by atoms with van der Waals surface area (Å²) >= 11 is 3.42. The maximum Gasteiger partial charge on any atom is 0.340 e. The Morgan fingerprint density at radius 2 is 2.00 bits per heavy atom. The van der Waals surface area contributed by atoms with Crippen molar-refractivity contribution in [3.63, 3.8) is 0 Å². The van der Waals surface area contributed by atoms with E-state index in [9.17, 15) is 4.79 Å². The van der Waals surface area contributed by atoms with Crippen LogP contribution in [0, 0.1) is 0 Å². The van der Waals surface area contributed by atoms with Crippen molar-refractivity contribution in [3.8, 4) is 5.75 Å². The van der Waals surface area contributed by atoms with Crippen molar-refractivity contribution < 1.29 is 14.3 Å². The second-order valence-corrected chi connectivity index (χ2v) is 5.78. The number of ether oxygens (including phenoxy) is 2. The van der Waals surface area contributed by atoms with Gasteiger partial charge in [-0.05, 0) is 45.8 Å². The lowest BCUT2D eigenvalue weighted by molar-refractivity contribution is 0.0475. The van der Waals surface area contributed by atoms with Gasteiger partial charge in [0.25, 0.3) is 0 Å². The Bertz CT molecular complexity index is 859. The van der Waals surface area contributed by atoms with Gasteiger partial charge >= 0.3 is 5.97 Å². The predicted molar refractivity (Wildman–Crippen MR) is 91.6 cm³/mol. The highest BCUT2D eigenvalue weighted by Crippen LogP contribution is 2.26. The molecule has 0 N–H and O–H groups in total. The monoisotopic (exact) mass is 371 g/mol. The summed E-state index contributed by atoms with van der Waals surface area (Å²) in [5.74, 6) is 0.347. The van der Waals surface area contributed by atoms with Crippen LogP contribution in [-0.2, 0) is 11.3 Å². The van der Waals surface area contributed by atoms with Crippen molar-refractivity contribution in [2.75, 3.05) is 7.11 Å². The van der Waals surface area contributed by atoms with Crippen LogP contribution < -0.4 is 4.74 Å². The zero-order chi connectivity index (χ0) is 16.2. The third kappa shape index (κ3) is 3.35. The molecule has 5 heteroatoms. The summed E-state index contributed by atoms with van der Waals surface area (Å²) in [6, 6.07) is 14.8. The van der Waals surface area contributed by atoms with Crippen LogP contribution >= 0.6 is 15.9 Å². The van der Waals surface area contributed by atoms with E-state index < -0.39 is 0 Å². The van der Waals surface area contributed by atoms with Gasteiger partial charge in [0.05, 0.1) is 22.7 Å². The average Bonchev–Trinajstić information content (AvgIpc) is 2.59. The van der Waals surface area contributed by atoms with E-state index in [4.69, 9.17) is 9.47 Å². The molecule has 0 aliphatic rings. The Kier molecular flexibility index (Phi) is 4.57. The summed E-state index contributed by atoms with van der Waals surface area (Å²) in [5.41, 5.74) is 1.99. The molecule has 3 aromatic rings. The van der Waals surface area contributed by atoms with E-state index in [0.29, 0.717) is 11.1 Å². The molecule has 2 aromatic carbocycles. The van der Waals surface area contributed by atoms with Gasteiger partial charge in [0.2, 0.25) is 0 Å². The predicted octanol–water partition coefficient (Wildman–Crippen LogP) is 4.36. The Balaban J connectivity index is 1.78. The standard InChI is InChI=1S/C18H14BrNO3/c1-22-16-8-7-12(10-15(16)19)11-23-18(21)14-6-2-4-13-5-3-9-20-17(13)14/h2-10H,11H2,1H3. The van der Waals surface area contributed by atoms with Gasteiger partial charge in [-0.1, -0.05) is 24.3 Å². The number of hydrogen-bond donors (Lipinski definition) is 0. The van der Waals surface area contributed by atoms with Crippen molar-refractivity contribution >= 4 is 32.8 Å². The molecule has 0 spiro atoms. The molecule has 1 heterocycles. The molecule has 0 atom stereocenters. The number of benzene rings is 2. The largest absolute Gasteiger partial charge is 0.496 e. The Morgan fingerprint density at radius 1 is 1.17 bits per heavy atom. The third-order valence-corrected chi connectivity index (χ3v) is 4.06. The fourth-order valence-corrected chi connectivity index (χ4v) is 2.88. The van der Waals surface area contributed by atoms with Gasteiger partial charge in [-0.3, -0.25) is 4.98 Å². The van der Waals surface area contributed by atoms with Crippen LogP contribution in [0.25, 0.3) is 10.9 Å². The van der Waals surface area contributed by atoms with Crippen LogP contribution in [0.5, 0.6) is 5.75 Å². The lowest BCUT2D eigenvalue weighted by Crippen LogP contribution is -2.06. The summed E-state index contributed by atoms with van der Waals surface area (Å²) in [6.45, 7) is 0.185. The zero-order valence-corrected chi connectivity index (χ0v) is 14.0. The SMILES string of the molecule is COc1ccc(COC(=O)c2cccc3cccnc23)cc1Br. The first-order valence-electron chi connectivity index (χ1n) is 7.02. The van der Waals surface area contributed by atoms with Crippen LogP contribution in [0.4, 0.5) is 0 Å². The Hall–Kier alpha value is -2.40. The van der Waals surface area contributed by atoms with E-state index in [1.165, 1.54) is 0 Å². The maximum absolute atomic E-state index is 12.3. The molecule has 0 aliphatic heterocycles. The van der Waals surface area contributed by atoms with Crippen molar-refractivity contribution in [3.05, 3.63) is 70.3 Å². The minimum absolute atomic E-state index is 0.185. The summed E-state index contributed by atoms with van der Waals surface area (Å²) in [4.78, 5) is 16.6. The van der Waals surface area contributed by atoms with E-state index >= 15 is 0 Å². The van der Waals surface area contributed by atoms with Gasteiger partial charge < -0.3 is 9.47 Å². The molecule has 0 radical (unpaired) electrons. The zero-order valence-electron chi connectivity index (χ0n) is 12.5. The molecule has 0 amide bonds. The highest BCUT2D eigenvalue weighted by molar-refractivity contribution is 9.10. The number of hydrogen-bond acceptors (Lipinski definition) is 4. The number of carbonyl (C=O) groups is 1. The van der Waals surface area contributed by atoms with Crippen molar-refractivity contribution in [1.82, 2.24) is 4.98 Å². The van der Waals surface area contributed by atoms with Crippen LogP contribution in [0.15, 0.2) is 59.2 Å². The smallest absolute Gasteiger partial charge is 0.340 e. The molecule has 23 heavy (non-hydrogen) atoms. The molecule has 3 rings (SSSR count). The number of aromatic nitrogens is 1. The lowest BCUT2D eigenvalue weighted by Gasteiger charge is -2.09. The van der Waals surface area contributed by atoms with Gasteiger partial charge in [0, 0.05) is 11.6 Å². The van der Waals surface area contributed by atoms with Crippen LogP contribution in [-0.4, -0.2) is 18.1 Å². The van der Waals surface area contributed by atoms with Crippen LogP contribution in [0.1, 0.15) is 15.9 Å². The molecule has 0 aliphatic carbocycles. The fourth-order valence-electron chi connectivity index (χ4n) is 2.30. The lowest BCUT2D eigenvalue weighted by atomic mass is 10.1. The van der Waals surface area contributed by atoms with Crippen LogP contribution in [0.2, 0.25) is 0 Å². The van der Waals surface area contributed by atoms with Crippen LogP contribution in [0.3, 0.4) is 0 Å². The molecule has 0 fully saturated rings. The number of rotatable bonds is 4. The van der Waals surface area contributed by atoms with Gasteiger partial charge in [-0.2, -0.15) is 0 Å². The first-order chi connectivity index (χ1) is 11.2. The summed E-state index contributed by atoms with van der Waals surface area (Å²) in [6.07, 6.45) is 1.67. The normalized spacial score (nSPS) is 10.5. The number of carbonyl (C=O) groups excluding carboxylic acids is 1. The quantitative estimate of drug-likeness (QED) is 0.639. The van der Waals surface area contributed by atoms with E-state index in [2.05, 4.69) is 20.9 Å². The fraction of sp³-hybridized carbons (Fsp3) is 0.111. The first kappa shape index (κ1) is 15.5. The van der Waals surface area contributed by atoms with Gasteiger partial charge in [-0.25, -0.2) is 4.79 Å². The molecular weight excluding hydrogens is 358 g/mol. The third-order valence-electron chi connectivity index (χ3n) is 3.44. The second kappa shape index (κ2) is 6.79. The minimum Gasteiger partial charge on any atom is -0.496 e. The molecule has 0 saturated heterocycles. The molecule has 0 saturated carbocycles. The number of methoxy groups -OCH3 is 1. The summed E-state index contributed by atoms with van der Waals surface area (Å²) < 4.78 is 11.4. The van der Waals surface area contributed by atoms with Gasteiger partial charge in [0.15, 0.2) is 0 Å². The Morgan fingerprint density at radius 3 is 2.78 bits per heavy atom. The van der Waals surface area contributed by atoms with Gasteiger partial charge in [-0.15, -0.1) is 0 Å². The van der Waals surface area contributed by atoms with E-state index in [-0.39, 0.29) is 12.6 Å². The van der Waals surface area contributed by atoms with Crippen molar-refractivity contribution in [2.45, 2.75) is 6.61 Å². The van der Waals surface area contributed by atoms with Gasteiger partial charge in [0.1, 0.15) is 12.4 Å². The summed E-state index contributed by atoms with van der Waals surface area (Å²) in [7, 11) is 1.60. The van der Waals surface area contributed by atoms with E-state index in [0.717, 1.165) is 21.2 Å². The number of halogens is 1. The van der Waals surface area contributed by atoms with E-state index in [1.54, 1.807) is 19.4 Å². The Labute approximate surface area is 142 Å². The number of pyridine rings is 1. The van der Waals surface area contributed by atoms with Crippen molar-refractivity contribution in [1.29, 1.82) is 0 Å². The average molecular weight is 372 g/mol. The molecule has 1 aromatic heterocycles. The van der Waals surface area contributed by atoms with E-state index in [1.807, 2.05) is 42.5 Å². The second-order valence-electron chi connectivity index (χ2n) is 4.93. The molecule has 0 bridgehead atoms. The molecule has 116 valence electrons. The number of esters is 1. The number of nitrogens with zero attached hydrogens (tertiary/aromatic N) is 1. The number of fused-ring (bicyclic) bond motifs is 1. The first-order valence-corrected chi connectivity index (χ1v) is 7.81.